The molecule has 0 fully saturated rings. The molecule has 0 atom stereocenters. The maximum atomic E-state index is 13.1. The van der Waals surface area contributed by atoms with E-state index in [1.54, 1.807) is 19.1 Å². The molecule has 0 saturated carbocycles. The number of ether oxygens (including phenoxy) is 2. The molecule has 2 aromatic carbocycles. The molecule has 0 N–H and O–H groups in total. The van der Waals surface area contributed by atoms with Gasteiger partial charge < -0.3 is 18.8 Å². The average Bonchev–Trinajstić information content (AvgIpc) is 3.22. The van der Waals surface area contributed by atoms with Crippen molar-refractivity contribution >= 4 is 5.91 Å². The first-order chi connectivity index (χ1) is 13.6. The van der Waals surface area contributed by atoms with Crippen LogP contribution in [0.15, 0.2) is 40.8 Å². The van der Waals surface area contributed by atoms with Gasteiger partial charge in [0.05, 0.1) is 14.2 Å². The number of halogens is 1. The molecule has 1 aliphatic rings. The van der Waals surface area contributed by atoms with E-state index in [0.717, 1.165) is 11.1 Å². The summed E-state index contributed by atoms with van der Waals surface area (Å²) >= 11 is 0. The molecule has 0 spiro atoms. The average molecular weight is 383 g/mol. The predicted molar refractivity (Wildman–Crippen MR) is 97.7 cm³/mol. The van der Waals surface area contributed by atoms with Crippen molar-refractivity contribution in [1.82, 2.24) is 15.1 Å². The molecule has 4 rings (SSSR count). The van der Waals surface area contributed by atoms with Crippen LogP contribution >= 0.6 is 0 Å². The Bertz CT molecular complexity index is 1020. The smallest absolute Gasteiger partial charge is 0.311 e. The zero-order valence-corrected chi connectivity index (χ0v) is 15.4. The van der Waals surface area contributed by atoms with Crippen molar-refractivity contribution in [2.24, 2.45) is 0 Å². The molecule has 0 unspecified atom stereocenters. The second-order valence-corrected chi connectivity index (χ2v) is 6.37. The van der Waals surface area contributed by atoms with E-state index in [0.29, 0.717) is 36.6 Å². The second-order valence-electron chi connectivity index (χ2n) is 6.37. The van der Waals surface area contributed by atoms with Crippen LogP contribution in [-0.4, -0.2) is 41.8 Å². The highest BCUT2D eigenvalue weighted by atomic mass is 19.1. The summed E-state index contributed by atoms with van der Waals surface area (Å²) < 4.78 is 29.3. The summed E-state index contributed by atoms with van der Waals surface area (Å²) in [5.41, 5.74) is 2.64. The van der Waals surface area contributed by atoms with Crippen molar-refractivity contribution in [3.63, 3.8) is 0 Å². The van der Waals surface area contributed by atoms with Crippen molar-refractivity contribution in [3.05, 3.63) is 59.2 Å². The Labute approximate surface area is 160 Å². The number of nitrogens with zero attached hydrogens (tertiary/aromatic N) is 3. The molecule has 28 heavy (non-hydrogen) atoms. The Morgan fingerprint density at radius 3 is 2.43 bits per heavy atom. The Morgan fingerprint density at radius 1 is 1.07 bits per heavy atom. The first-order valence-electron chi connectivity index (χ1n) is 8.71. The molecule has 0 saturated heterocycles. The minimum Gasteiger partial charge on any atom is -0.493 e. The molecule has 0 bridgehead atoms. The van der Waals surface area contributed by atoms with Crippen LogP contribution in [0, 0.1) is 5.82 Å². The van der Waals surface area contributed by atoms with E-state index in [2.05, 4.69) is 10.2 Å². The quantitative estimate of drug-likeness (QED) is 0.689. The number of methoxy groups -OCH3 is 2. The fraction of sp³-hybridized carbons (Fsp3) is 0.250. The number of amides is 1. The van der Waals surface area contributed by atoms with Gasteiger partial charge in [-0.25, -0.2) is 4.39 Å². The van der Waals surface area contributed by atoms with E-state index in [1.165, 1.54) is 24.3 Å². The lowest BCUT2D eigenvalue weighted by atomic mass is 9.98. The Morgan fingerprint density at radius 2 is 1.75 bits per heavy atom. The molecule has 7 nitrogen and oxygen atoms in total. The number of carbonyl (C=O) groups is 1. The minimum atomic E-state index is -0.362. The van der Waals surface area contributed by atoms with Crippen LogP contribution in [0.25, 0.3) is 11.5 Å². The highest BCUT2D eigenvalue weighted by Gasteiger charge is 2.27. The molecule has 2 heterocycles. The summed E-state index contributed by atoms with van der Waals surface area (Å²) in [5.74, 6) is 0.657. The summed E-state index contributed by atoms with van der Waals surface area (Å²) in [6, 6.07) is 9.46. The fourth-order valence-corrected chi connectivity index (χ4v) is 3.21. The maximum Gasteiger partial charge on any atom is 0.311 e. The molecule has 1 aliphatic heterocycles. The number of carbonyl (C=O) groups excluding carboxylic acids is 1. The van der Waals surface area contributed by atoms with Gasteiger partial charge in [0.2, 0.25) is 5.89 Å². The number of benzene rings is 2. The van der Waals surface area contributed by atoms with Crippen LogP contribution in [0.1, 0.15) is 21.8 Å². The first-order valence-corrected chi connectivity index (χ1v) is 8.71. The summed E-state index contributed by atoms with van der Waals surface area (Å²) in [4.78, 5) is 14.4. The van der Waals surface area contributed by atoms with Crippen molar-refractivity contribution in [2.75, 3.05) is 20.8 Å². The van der Waals surface area contributed by atoms with E-state index in [4.69, 9.17) is 13.9 Å². The van der Waals surface area contributed by atoms with Gasteiger partial charge in [-0.05, 0) is 53.9 Å². The summed E-state index contributed by atoms with van der Waals surface area (Å²) in [6.45, 7) is 0.929. The Hall–Kier alpha value is -3.42. The molecule has 0 aliphatic carbocycles. The summed E-state index contributed by atoms with van der Waals surface area (Å²) in [7, 11) is 3.17. The van der Waals surface area contributed by atoms with Crippen molar-refractivity contribution in [3.8, 4) is 23.0 Å². The van der Waals surface area contributed by atoms with E-state index in [-0.39, 0.29) is 23.5 Å². The van der Waals surface area contributed by atoms with Gasteiger partial charge in [-0.2, -0.15) is 0 Å². The zero-order valence-electron chi connectivity index (χ0n) is 15.4. The lowest BCUT2D eigenvalue weighted by Gasteiger charge is -2.28. The van der Waals surface area contributed by atoms with Gasteiger partial charge in [0.15, 0.2) is 11.5 Å². The third-order valence-electron chi connectivity index (χ3n) is 4.70. The highest BCUT2D eigenvalue weighted by molar-refractivity contribution is 5.90. The third kappa shape index (κ3) is 3.28. The van der Waals surface area contributed by atoms with Crippen molar-refractivity contribution in [2.45, 2.75) is 13.0 Å². The van der Waals surface area contributed by atoms with Crippen LogP contribution in [0.5, 0.6) is 11.5 Å². The summed E-state index contributed by atoms with van der Waals surface area (Å²) in [5, 5.41) is 7.76. The van der Waals surface area contributed by atoms with Gasteiger partial charge in [0.1, 0.15) is 5.82 Å². The SMILES string of the molecule is COc1cc2c(cc1OC)CN(C(=O)c1nnc(-c3ccc(F)cc3)o1)CC2. The molecule has 3 aromatic rings. The standard InChI is InChI=1S/C20H18FN3O4/c1-26-16-9-13-7-8-24(11-14(13)10-17(16)27-2)20(25)19-23-22-18(28-19)12-3-5-15(21)6-4-12/h3-6,9-10H,7-8,11H2,1-2H3. The number of aromatic nitrogens is 2. The van der Waals surface area contributed by atoms with Gasteiger partial charge in [-0.1, -0.05) is 0 Å². The topological polar surface area (TPSA) is 77.7 Å². The molecular weight excluding hydrogens is 365 g/mol. The van der Waals surface area contributed by atoms with Crippen LogP contribution in [0.3, 0.4) is 0 Å². The van der Waals surface area contributed by atoms with E-state index in [9.17, 15) is 9.18 Å². The number of fused-ring (bicyclic) bond motifs is 1. The molecule has 1 aromatic heterocycles. The van der Waals surface area contributed by atoms with E-state index >= 15 is 0 Å². The highest BCUT2D eigenvalue weighted by Crippen LogP contribution is 2.33. The minimum absolute atomic E-state index is 0.0942. The largest absolute Gasteiger partial charge is 0.493 e. The van der Waals surface area contributed by atoms with Gasteiger partial charge in [-0.3, -0.25) is 4.79 Å². The fourth-order valence-electron chi connectivity index (χ4n) is 3.21. The molecule has 8 heteroatoms. The van der Waals surface area contributed by atoms with Crippen LogP contribution < -0.4 is 9.47 Å². The predicted octanol–water partition coefficient (Wildman–Crippen LogP) is 3.09. The summed E-state index contributed by atoms with van der Waals surface area (Å²) in [6.07, 6.45) is 0.681. The number of rotatable bonds is 4. The number of hydrogen-bond donors (Lipinski definition) is 0. The second kappa shape index (κ2) is 7.30. The van der Waals surface area contributed by atoms with Gasteiger partial charge in [-0.15, -0.1) is 10.2 Å². The van der Waals surface area contributed by atoms with Crippen molar-refractivity contribution in [1.29, 1.82) is 0 Å². The van der Waals surface area contributed by atoms with Gasteiger partial charge in [0.25, 0.3) is 0 Å². The third-order valence-corrected chi connectivity index (χ3v) is 4.70. The zero-order chi connectivity index (χ0) is 19.7. The van der Waals surface area contributed by atoms with Crippen molar-refractivity contribution < 1.29 is 23.1 Å². The molecule has 1 amide bonds. The molecular formula is C20H18FN3O4. The van der Waals surface area contributed by atoms with Gasteiger partial charge in [0, 0.05) is 18.7 Å². The van der Waals surface area contributed by atoms with Gasteiger partial charge >= 0.3 is 11.8 Å². The van der Waals surface area contributed by atoms with E-state index in [1.807, 2.05) is 12.1 Å². The van der Waals surface area contributed by atoms with Crippen LogP contribution in [-0.2, 0) is 13.0 Å². The first kappa shape index (κ1) is 18.0. The number of hydrogen-bond acceptors (Lipinski definition) is 6. The van der Waals surface area contributed by atoms with Crippen LogP contribution in [0.2, 0.25) is 0 Å². The lowest BCUT2D eigenvalue weighted by Crippen LogP contribution is -2.36. The van der Waals surface area contributed by atoms with E-state index < -0.39 is 0 Å². The molecule has 144 valence electrons. The molecule has 0 radical (unpaired) electrons. The monoisotopic (exact) mass is 383 g/mol. The lowest BCUT2D eigenvalue weighted by molar-refractivity contribution is 0.0694. The Balaban J connectivity index is 1.54. The normalized spacial score (nSPS) is 13.2. The van der Waals surface area contributed by atoms with Crippen LogP contribution in [0.4, 0.5) is 4.39 Å². The maximum absolute atomic E-state index is 13.1. The Kier molecular flexibility index (Phi) is 4.68.